The first-order chi connectivity index (χ1) is 13.5. The van der Waals surface area contributed by atoms with E-state index in [9.17, 15) is 14.7 Å². The fourth-order valence-corrected chi connectivity index (χ4v) is 4.00. The van der Waals surface area contributed by atoms with Gasteiger partial charge in [-0.2, -0.15) is 0 Å². The number of aromatic amines is 1. The van der Waals surface area contributed by atoms with Gasteiger partial charge in [0.1, 0.15) is 5.82 Å². The number of aromatic hydroxyl groups is 1. The van der Waals surface area contributed by atoms with E-state index >= 15 is 0 Å². The average molecular weight is 389 g/mol. The number of carbonyl (C=O) groups is 1. The quantitative estimate of drug-likeness (QED) is 0.734. The Balaban J connectivity index is 1.83. The molecule has 1 aromatic carbocycles. The van der Waals surface area contributed by atoms with Crippen LogP contribution in [0.25, 0.3) is 0 Å². The third kappa shape index (κ3) is 3.01. The minimum atomic E-state index is -0.475. The van der Waals surface area contributed by atoms with E-state index in [4.69, 9.17) is 14.2 Å². The maximum Gasteiger partial charge on any atom is 0.270 e. The van der Waals surface area contributed by atoms with Crippen LogP contribution >= 0.6 is 0 Å². The van der Waals surface area contributed by atoms with Crippen molar-refractivity contribution in [1.82, 2.24) is 9.78 Å². The number of fused-ring (bicyclic) bond motifs is 1. The molecule has 1 atom stereocenters. The van der Waals surface area contributed by atoms with Crippen molar-refractivity contribution < 1.29 is 24.1 Å². The van der Waals surface area contributed by atoms with E-state index in [1.807, 2.05) is 0 Å². The van der Waals surface area contributed by atoms with Crippen molar-refractivity contribution in [2.45, 2.75) is 31.2 Å². The van der Waals surface area contributed by atoms with Gasteiger partial charge in [-0.05, 0) is 30.5 Å². The van der Waals surface area contributed by atoms with Crippen LogP contribution in [0.2, 0.25) is 0 Å². The maximum atomic E-state index is 12.8. The molecule has 1 amide bonds. The summed E-state index contributed by atoms with van der Waals surface area (Å²) in [5, 5.41) is 15.9. The number of hydrogen-bond acceptors (Lipinski definition) is 6. The molecular formula is C19H23N3O6. The summed E-state index contributed by atoms with van der Waals surface area (Å²) in [5.41, 5.74) is 0.927. The summed E-state index contributed by atoms with van der Waals surface area (Å²) in [4.78, 5) is 25.3. The first kappa shape index (κ1) is 18.4. The molecule has 1 saturated heterocycles. The minimum Gasteiger partial charge on any atom is -0.502 e. The Bertz CT molecular complexity index is 932. The summed E-state index contributed by atoms with van der Waals surface area (Å²) in [5.74, 6) is 0.178. The van der Waals surface area contributed by atoms with Crippen LogP contribution in [0.5, 0.6) is 17.2 Å². The van der Waals surface area contributed by atoms with Crippen molar-refractivity contribution in [3.8, 4) is 17.2 Å². The first-order valence-corrected chi connectivity index (χ1v) is 9.20. The van der Waals surface area contributed by atoms with Crippen molar-refractivity contribution in [3.05, 3.63) is 33.6 Å². The molecule has 28 heavy (non-hydrogen) atoms. The standard InChI is InChI=1S/C19H23N3O6/c1-26-13-7-10(8-14(27-2)17(13)24)12-9-15(23)20-18-16(12)19(25)21-22(18)11-3-5-28-6-4-11/h7-8,11-12,24H,3-6,9H2,1-2H3,(H,20,23)(H,21,25)/t12-/m0/s1. The highest BCUT2D eigenvalue weighted by Gasteiger charge is 2.35. The molecule has 3 N–H and O–H groups in total. The number of ether oxygens (including phenoxy) is 3. The summed E-state index contributed by atoms with van der Waals surface area (Å²) >= 11 is 0. The maximum absolute atomic E-state index is 12.8. The molecule has 1 aromatic heterocycles. The number of rotatable bonds is 4. The molecule has 150 valence electrons. The number of methoxy groups -OCH3 is 2. The zero-order valence-corrected chi connectivity index (χ0v) is 15.8. The lowest BCUT2D eigenvalue weighted by atomic mass is 9.86. The minimum absolute atomic E-state index is 0.0631. The van der Waals surface area contributed by atoms with Gasteiger partial charge in [0.25, 0.3) is 5.56 Å². The van der Waals surface area contributed by atoms with E-state index in [2.05, 4.69) is 10.4 Å². The summed E-state index contributed by atoms with van der Waals surface area (Å²) in [6.45, 7) is 1.23. The number of aromatic nitrogens is 2. The summed E-state index contributed by atoms with van der Waals surface area (Å²) in [7, 11) is 2.87. The lowest BCUT2D eigenvalue weighted by Crippen LogP contribution is -2.28. The average Bonchev–Trinajstić information content (AvgIpc) is 3.04. The SMILES string of the molecule is COc1cc([C@@H]2CC(=O)Nc3c2c(=O)[nH]n3C2CCOCC2)cc(OC)c1O. The summed E-state index contributed by atoms with van der Waals surface area (Å²) in [6, 6.07) is 3.33. The molecule has 0 radical (unpaired) electrons. The number of hydrogen-bond donors (Lipinski definition) is 3. The number of carbonyl (C=O) groups excluding carboxylic acids is 1. The van der Waals surface area contributed by atoms with Gasteiger partial charge in [-0.3, -0.25) is 19.4 Å². The summed E-state index contributed by atoms with van der Waals surface area (Å²) < 4.78 is 17.6. The normalized spacial score (nSPS) is 19.8. The zero-order chi connectivity index (χ0) is 19.8. The molecule has 2 aromatic rings. The summed E-state index contributed by atoms with van der Waals surface area (Å²) in [6.07, 6.45) is 1.64. The van der Waals surface area contributed by atoms with E-state index in [0.717, 1.165) is 12.8 Å². The van der Waals surface area contributed by atoms with Crippen molar-refractivity contribution in [2.75, 3.05) is 32.8 Å². The van der Waals surface area contributed by atoms with Crippen LogP contribution in [0.15, 0.2) is 16.9 Å². The fourth-order valence-electron chi connectivity index (χ4n) is 4.00. The Morgan fingerprint density at radius 3 is 2.39 bits per heavy atom. The Labute approximate surface area is 161 Å². The number of amides is 1. The second-order valence-corrected chi connectivity index (χ2v) is 7.00. The molecule has 4 rings (SSSR count). The van der Waals surface area contributed by atoms with E-state index in [-0.39, 0.29) is 41.2 Å². The van der Waals surface area contributed by atoms with E-state index < -0.39 is 5.92 Å². The predicted octanol–water partition coefficient (Wildman–Crippen LogP) is 1.72. The monoisotopic (exact) mass is 389 g/mol. The van der Waals surface area contributed by atoms with Gasteiger partial charge in [-0.25, -0.2) is 0 Å². The number of phenolic OH excluding ortho intramolecular Hbond substituents is 1. The topological polar surface area (TPSA) is 115 Å². The van der Waals surface area contributed by atoms with Gasteiger partial charge in [-0.15, -0.1) is 0 Å². The van der Waals surface area contributed by atoms with Gasteiger partial charge < -0.3 is 24.6 Å². The van der Waals surface area contributed by atoms with Crippen molar-refractivity contribution >= 4 is 11.7 Å². The highest BCUT2D eigenvalue weighted by molar-refractivity contribution is 5.94. The van der Waals surface area contributed by atoms with Gasteiger partial charge in [0.2, 0.25) is 11.7 Å². The number of anilines is 1. The second kappa shape index (κ2) is 7.23. The molecule has 0 aliphatic carbocycles. The third-order valence-electron chi connectivity index (χ3n) is 5.42. The third-order valence-corrected chi connectivity index (χ3v) is 5.42. The Morgan fingerprint density at radius 1 is 1.14 bits per heavy atom. The fraction of sp³-hybridized carbons (Fsp3) is 0.474. The lowest BCUT2D eigenvalue weighted by molar-refractivity contribution is -0.116. The molecule has 0 unspecified atom stereocenters. The Kier molecular flexibility index (Phi) is 4.76. The van der Waals surface area contributed by atoms with E-state index in [0.29, 0.717) is 30.2 Å². The molecule has 1 fully saturated rings. The molecule has 0 bridgehead atoms. The zero-order valence-electron chi connectivity index (χ0n) is 15.8. The van der Waals surface area contributed by atoms with Crippen LogP contribution < -0.4 is 20.3 Å². The molecule has 9 heteroatoms. The second-order valence-electron chi connectivity index (χ2n) is 7.00. The molecule has 2 aliphatic heterocycles. The number of nitrogens with zero attached hydrogens (tertiary/aromatic N) is 1. The van der Waals surface area contributed by atoms with Crippen LogP contribution in [-0.2, 0) is 9.53 Å². The predicted molar refractivity (Wildman–Crippen MR) is 100 cm³/mol. The molecule has 2 aliphatic rings. The molecular weight excluding hydrogens is 366 g/mol. The van der Waals surface area contributed by atoms with E-state index in [1.165, 1.54) is 14.2 Å². The Hall–Kier alpha value is -2.94. The number of phenols is 1. The molecule has 9 nitrogen and oxygen atoms in total. The largest absolute Gasteiger partial charge is 0.502 e. The highest BCUT2D eigenvalue weighted by atomic mass is 16.5. The van der Waals surface area contributed by atoms with Crippen molar-refractivity contribution in [1.29, 1.82) is 0 Å². The van der Waals surface area contributed by atoms with Crippen LogP contribution in [0.4, 0.5) is 5.82 Å². The van der Waals surface area contributed by atoms with Gasteiger partial charge in [0.05, 0.1) is 25.8 Å². The van der Waals surface area contributed by atoms with Gasteiger partial charge in [0.15, 0.2) is 11.5 Å². The number of nitrogens with one attached hydrogen (secondary N) is 2. The van der Waals surface area contributed by atoms with Gasteiger partial charge in [-0.1, -0.05) is 0 Å². The van der Waals surface area contributed by atoms with Crippen molar-refractivity contribution in [2.24, 2.45) is 0 Å². The molecule has 0 saturated carbocycles. The van der Waals surface area contributed by atoms with Gasteiger partial charge >= 0.3 is 0 Å². The number of H-pyrrole nitrogens is 1. The van der Waals surface area contributed by atoms with Gasteiger partial charge in [0, 0.05) is 25.6 Å². The van der Waals surface area contributed by atoms with Crippen molar-refractivity contribution in [3.63, 3.8) is 0 Å². The first-order valence-electron chi connectivity index (χ1n) is 9.20. The molecule has 3 heterocycles. The molecule has 0 spiro atoms. The van der Waals surface area contributed by atoms with Crippen LogP contribution in [0.3, 0.4) is 0 Å². The number of benzene rings is 1. The smallest absolute Gasteiger partial charge is 0.270 e. The van der Waals surface area contributed by atoms with E-state index in [1.54, 1.807) is 16.8 Å². The Morgan fingerprint density at radius 2 is 1.79 bits per heavy atom. The lowest BCUT2D eigenvalue weighted by Gasteiger charge is -2.28. The highest BCUT2D eigenvalue weighted by Crippen LogP contribution is 2.43. The van der Waals surface area contributed by atoms with Crippen LogP contribution in [0, 0.1) is 0 Å². The van der Waals surface area contributed by atoms with Crippen LogP contribution in [0.1, 0.15) is 42.3 Å². The van der Waals surface area contributed by atoms with Crippen LogP contribution in [-0.4, -0.2) is 48.2 Å².